The van der Waals surface area contributed by atoms with Crippen molar-refractivity contribution in [1.29, 1.82) is 0 Å². The Balaban J connectivity index is 1.79. The van der Waals surface area contributed by atoms with Gasteiger partial charge in [-0.2, -0.15) is 0 Å². The molecular weight excluding hydrogens is 356 g/mol. The molecule has 0 radical (unpaired) electrons. The summed E-state index contributed by atoms with van der Waals surface area (Å²) in [5, 5.41) is 5.55. The molecule has 1 heterocycles. The Labute approximate surface area is 166 Å². The first-order chi connectivity index (χ1) is 13.5. The van der Waals surface area contributed by atoms with Gasteiger partial charge in [0, 0.05) is 5.70 Å². The standard InChI is InChI=1S/C22H30N2O4/c1-4-12-27-17-10-8-16(9-11-17)20-19(15(3)23-22(26)24-20)21(25)28-18-7-5-6-14(2)13-18/h8-11,14,18,20H,4-7,12-13H2,1-3H3,(H2,23,24,26)/t14-,18-,20-/m0/s1. The van der Waals surface area contributed by atoms with Gasteiger partial charge in [-0.1, -0.05) is 32.4 Å². The fourth-order valence-corrected chi connectivity index (χ4v) is 3.89. The Morgan fingerprint density at radius 1 is 1.21 bits per heavy atom. The highest BCUT2D eigenvalue weighted by Gasteiger charge is 2.34. The Bertz CT molecular complexity index is 741. The van der Waals surface area contributed by atoms with Crippen LogP contribution < -0.4 is 15.4 Å². The van der Waals surface area contributed by atoms with E-state index in [1.165, 1.54) is 6.42 Å². The molecule has 6 heteroatoms. The SMILES string of the molecule is CCCOc1ccc([C@@H]2NC(=O)NC(C)=C2C(=O)O[C@H]2CCC[C@H](C)C2)cc1. The van der Waals surface area contributed by atoms with E-state index >= 15 is 0 Å². The van der Waals surface area contributed by atoms with Crippen LogP contribution in [-0.4, -0.2) is 24.7 Å². The minimum absolute atomic E-state index is 0.0559. The summed E-state index contributed by atoms with van der Waals surface area (Å²) in [7, 11) is 0. The van der Waals surface area contributed by atoms with E-state index in [0.29, 0.717) is 23.8 Å². The first-order valence-electron chi connectivity index (χ1n) is 10.2. The van der Waals surface area contributed by atoms with Crippen LogP contribution in [0.4, 0.5) is 4.79 Å². The summed E-state index contributed by atoms with van der Waals surface area (Å²) in [5.41, 5.74) is 1.82. The van der Waals surface area contributed by atoms with Crippen LogP contribution in [0.25, 0.3) is 0 Å². The topological polar surface area (TPSA) is 76.7 Å². The van der Waals surface area contributed by atoms with Crippen LogP contribution in [-0.2, 0) is 9.53 Å². The van der Waals surface area contributed by atoms with E-state index in [9.17, 15) is 9.59 Å². The summed E-state index contributed by atoms with van der Waals surface area (Å²) < 4.78 is 11.4. The van der Waals surface area contributed by atoms with Gasteiger partial charge in [0.25, 0.3) is 0 Å². The average Bonchev–Trinajstić information content (AvgIpc) is 2.66. The monoisotopic (exact) mass is 386 g/mol. The summed E-state index contributed by atoms with van der Waals surface area (Å²) in [5.74, 6) is 0.976. The lowest BCUT2D eigenvalue weighted by Crippen LogP contribution is -2.45. The molecule has 2 aliphatic rings. The zero-order valence-electron chi connectivity index (χ0n) is 16.9. The van der Waals surface area contributed by atoms with Crippen molar-refractivity contribution >= 4 is 12.0 Å². The maximum Gasteiger partial charge on any atom is 0.338 e. The second kappa shape index (κ2) is 9.13. The highest BCUT2D eigenvalue weighted by Crippen LogP contribution is 2.31. The molecule has 1 aliphatic heterocycles. The maximum atomic E-state index is 13.0. The highest BCUT2D eigenvalue weighted by atomic mass is 16.5. The maximum absolute atomic E-state index is 13.0. The van der Waals surface area contributed by atoms with Crippen molar-refractivity contribution < 1.29 is 19.1 Å². The van der Waals surface area contributed by atoms with E-state index < -0.39 is 6.04 Å². The Morgan fingerprint density at radius 2 is 1.96 bits per heavy atom. The Morgan fingerprint density at radius 3 is 2.64 bits per heavy atom. The first kappa shape index (κ1) is 20.2. The molecule has 1 fully saturated rings. The minimum atomic E-state index is -0.539. The predicted molar refractivity (Wildman–Crippen MR) is 107 cm³/mol. The van der Waals surface area contributed by atoms with Crippen LogP contribution in [0.1, 0.15) is 64.5 Å². The smallest absolute Gasteiger partial charge is 0.338 e. The van der Waals surface area contributed by atoms with E-state index in [4.69, 9.17) is 9.47 Å². The number of allylic oxidation sites excluding steroid dienone is 1. The van der Waals surface area contributed by atoms with Gasteiger partial charge in [-0.05, 0) is 56.2 Å². The van der Waals surface area contributed by atoms with Crippen molar-refractivity contribution in [3.8, 4) is 5.75 Å². The number of esters is 1. The van der Waals surface area contributed by atoms with Crippen molar-refractivity contribution in [3.05, 3.63) is 41.1 Å². The van der Waals surface area contributed by atoms with Gasteiger partial charge in [-0.3, -0.25) is 0 Å². The second-order valence-electron chi connectivity index (χ2n) is 7.79. The quantitative estimate of drug-likeness (QED) is 0.718. The number of carbonyl (C=O) groups excluding carboxylic acids is 2. The number of rotatable bonds is 6. The van der Waals surface area contributed by atoms with Gasteiger partial charge in [0.2, 0.25) is 0 Å². The van der Waals surface area contributed by atoms with Crippen LogP contribution in [0.15, 0.2) is 35.5 Å². The zero-order valence-corrected chi connectivity index (χ0v) is 16.9. The molecule has 28 heavy (non-hydrogen) atoms. The fraction of sp³-hybridized carbons (Fsp3) is 0.545. The summed E-state index contributed by atoms with van der Waals surface area (Å²) >= 11 is 0. The lowest BCUT2D eigenvalue weighted by atomic mass is 9.88. The van der Waals surface area contributed by atoms with E-state index in [1.54, 1.807) is 6.92 Å². The predicted octanol–water partition coefficient (Wildman–Crippen LogP) is 4.23. The van der Waals surface area contributed by atoms with E-state index in [-0.39, 0.29) is 18.1 Å². The largest absolute Gasteiger partial charge is 0.494 e. The molecule has 0 saturated heterocycles. The van der Waals surface area contributed by atoms with Crippen LogP contribution in [0.3, 0.4) is 0 Å². The van der Waals surface area contributed by atoms with Crippen molar-refractivity contribution in [3.63, 3.8) is 0 Å². The fourth-order valence-electron chi connectivity index (χ4n) is 3.89. The third kappa shape index (κ3) is 4.86. The first-order valence-corrected chi connectivity index (χ1v) is 10.2. The van der Waals surface area contributed by atoms with E-state index in [1.807, 2.05) is 24.3 Å². The minimum Gasteiger partial charge on any atom is -0.494 e. The molecule has 3 atom stereocenters. The molecule has 1 aromatic rings. The number of carbonyl (C=O) groups is 2. The Hall–Kier alpha value is -2.50. The molecule has 0 unspecified atom stereocenters. The van der Waals surface area contributed by atoms with Crippen molar-refractivity contribution in [2.24, 2.45) is 5.92 Å². The molecule has 2 N–H and O–H groups in total. The summed E-state index contributed by atoms with van der Waals surface area (Å²) in [4.78, 5) is 25.0. The van der Waals surface area contributed by atoms with Crippen molar-refractivity contribution in [2.75, 3.05) is 6.61 Å². The second-order valence-corrected chi connectivity index (χ2v) is 7.79. The molecular formula is C22H30N2O4. The third-order valence-corrected chi connectivity index (χ3v) is 5.34. The molecule has 6 nitrogen and oxygen atoms in total. The normalized spacial score (nSPS) is 25.0. The van der Waals surface area contributed by atoms with Crippen molar-refractivity contribution in [1.82, 2.24) is 10.6 Å². The molecule has 2 amide bonds. The lowest BCUT2D eigenvalue weighted by Gasteiger charge is -2.31. The number of hydrogen-bond donors (Lipinski definition) is 2. The number of benzene rings is 1. The molecule has 0 aromatic heterocycles. The van der Waals surface area contributed by atoms with Gasteiger partial charge in [-0.25, -0.2) is 9.59 Å². The van der Waals surface area contributed by atoms with E-state index in [0.717, 1.165) is 37.0 Å². The van der Waals surface area contributed by atoms with Crippen LogP contribution >= 0.6 is 0 Å². The highest BCUT2D eigenvalue weighted by molar-refractivity contribution is 5.95. The number of urea groups is 1. The van der Waals surface area contributed by atoms with Crippen molar-refractivity contribution in [2.45, 2.75) is 65.0 Å². The van der Waals surface area contributed by atoms with Gasteiger partial charge >= 0.3 is 12.0 Å². The number of ether oxygens (including phenoxy) is 2. The summed E-state index contributed by atoms with van der Waals surface area (Å²) in [6.07, 6.45) is 4.93. The van der Waals surface area contributed by atoms with Crippen LogP contribution in [0.2, 0.25) is 0 Å². The molecule has 0 spiro atoms. The summed E-state index contributed by atoms with van der Waals surface area (Å²) in [6.45, 7) is 6.64. The number of amides is 2. The molecule has 3 rings (SSSR count). The lowest BCUT2D eigenvalue weighted by molar-refractivity contribution is -0.146. The summed E-state index contributed by atoms with van der Waals surface area (Å²) in [6, 6.07) is 6.62. The van der Waals surface area contributed by atoms with Crippen LogP contribution in [0, 0.1) is 5.92 Å². The van der Waals surface area contributed by atoms with Gasteiger partial charge in [0.15, 0.2) is 0 Å². The molecule has 1 aromatic carbocycles. The molecule has 0 bridgehead atoms. The number of nitrogens with one attached hydrogen (secondary N) is 2. The van der Waals surface area contributed by atoms with E-state index in [2.05, 4.69) is 24.5 Å². The molecule has 1 saturated carbocycles. The van der Waals surface area contributed by atoms with Gasteiger partial charge < -0.3 is 20.1 Å². The average molecular weight is 386 g/mol. The van der Waals surface area contributed by atoms with Gasteiger partial charge in [-0.15, -0.1) is 0 Å². The molecule has 1 aliphatic carbocycles. The van der Waals surface area contributed by atoms with Gasteiger partial charge in [0.05, 0.1) is 18.2 Å². The number of hydrogen-bond acceptors (Lipinski definition) is 4. The van der Waals surface area contributed by atoms with Gasteiger partial charge in [0.1, 0.15) is 11.9 Å². The zero-order chi connectivity index (χ0) is 20.1. The third-order valence-electron chi connectivity index (χ3n) is 5.34. The Kier molecular flexibility index (Phi) is 6.60. The van der Waals surface area contributed by atoms with Crippen LogP contribution in [0.5, 0.6) is 5.75 Å². The molecule has 152 valence electrons.